The van der Waals surface area contributed by atoms with E-state index in [0.717, 1.165) is 13.1 Å². The molecule has 0 spiro atoms. The van der Waals surface area contributed by atoms with Gasteiger partial charge in [-0.2, -0.15) is 0 Å². The zero-order valence-corrected chi connectivity index (χ0v) is 12.0. The highest BCUT2D eigenvalue weighted by Crippen LogP contribution is 2.36. The smallest absolute Gasteiger partial charge is 0.335 e. The van der Waals surface area contributed by atoms with Crippen molar-refractivity contribution in [2.45, 2.75) is 19.3 Å². The van der Waals surface area contributed by atoms with Crippen molar-refractivity contribution in [3.63, 3.8) is 0 Å². The molecule has 1 amide bonds. The molecule has 112 valence electrons. The van der Waals surface area contributed by atoms with Crippen molar-refractivity contribution in [1.82, 2.24) is 4.90 Å². The maximum atomic E-state index is 12.6. The van der Waals surface area contributed by atoms with E-state index in [4.69, 9.17) is 9.84 Å². The van der Waals surface area contributed by atoms with Gasteiger partial charge in [0, 0.05) is 18.7 Å². The molecule has 1 aromatic rings. The van der Waals surface area contributed by atoms with Crippen LogP contribution in [0.5, 0.6) is 5.75 Å². The van der Waals surface area contributed by atoms with Gasteiger partial charge in [0.2, 0.25) is 0 Å². The first-order valence-corrected chi connectivity index (χ1v) is 7.28. The molecule has 2 atom stereocenters. The summed E-state index contributed by atoms with van der Waals surface area (Å²) in [6.45, 7) is 1.57. The summed E-state index contributed by atoms with van der Waals surface area (Å²) in [4.78, 5) is 25.7. The Bertz CT molecular complexity index is 572. The Hall–Kier alpha value is -2.04. The summed E-state index contributed by atoms with van der Waals surface area (Å²) in [7, 11) is 1.47. The lowest BCUT2D eigenvalue weighted by Crippen LogP contribution is -2.40. The third-order valence-electron chi connectivity index (χ3n) is 4.53. The molecule has 0 unspecified atom stereocenters. The molecule has 3 rings (SSSR count). The summed E-state index contributed by atoms with van der Waals surface area (Å²) in [5.74, 6) is 0.474. The fourth-order valence-electron chi connectivity index (χ4n) is 3.52. The second-order valence-electron chi connectivity index (χ2n) is 6.01. The van der Waals surface area contributed by atoms with Crippen molar-refractivity contribution in [2.75, 3.05) is 20.2 Å². The van der Waals surface area contributed by atoms with Crippen LogP contribution in [0.4, 0.5) is 0 Å². The van der Waals surface area contributed by atoms with Gasteiger partial charge in [0.15, 0.2) is 0 Å². The van der Waals surface area contributed by atoms with Crippen molar-refractivity contribution in [3.8, 4) is 5.75 Å². The molecule has 0 aromatic heterocycles. The number of rotatable bonds is 3. The first-order valence-electron chi connectivity index (χ1n) is 7.28. The summed E-state index contributed by atoms with van der Waals surface area (Å²) in [5, 5.41) is 9.14. The van der Waals surface area contributed by atoms with Crippen molar-refractivity contribution >= 4 is 11.9 Å². The summed E-state index contributed by atoms with van der Waals surface area (Å²) in [5.41, 5.74) is 0.478. The van der Waals surface area contributed by atoms with Gasteiger partial charge in [0.05, 0.1) is 12.7 Å². The molecule has 1 aromatic carbocycles. The number of methoxy groups -OCH3 is 1. The number of carbonyl (C=O) groups excluding carboxylic acids is 1. The number of likely N-dealkylation sites (tertiary alicyclic amines) is 1. The van der Waals surface area contributed by atoms with E-state index in [1.165, 1.54) is 38.5 Å². The molecule has 2 aliphatic rings. The van der Waals surface area contributed by atoms with E-state index in [1.807, 2.05) is 4.90 Å². The Morgan fingerprint density at radius 3 is 2.33 bits per heavy atom. The average Bonchev–Trinajstić information content (AvgIpc) is 2.84. The van der Waals surface area contributed by atoms with Crippen LogP contribution in [0.3, 0.4) is 0 Å². The van der Waals surface area contributed by atoms with Gasteiger partial charge >= 0.3 is 5.97 Å². The van der Waals surface area contributed by atoms with Crippen LogP contribution in [0.1, 0.15) is 40.0 Å². The van der Waals surface area contributed by atoms with Crippen LogP contribution >= 0.6 is 0 Å². The SMILES string of the molecule is COc1cc(C(=O)O)cc(C(=O)N2C[C@@H]3CC[C@@H](C3)C2)c1. The Labute approximate surface area is 123 Å². The molecule has 1 aliphatic heterocycles. The Balaban J connectivity index is 1.87. The van der Waals surface area contributed by atoms with E-state index < -0.39 is 5.97 Å². The number of hydrogen-bond donors (Lipinski definition) is 1. The summed E-state index contributed by atoms with van der Waals surface area (Å²) >= 11 is 0. The highest BCUT2D eigenvalue weighted by atomic mass is 16.5. The number of aromatic carboxylic acids is 1. The third-order valence-corrected chi connectivity index (χ3v) is 4.53. The molecule has 21 heavy (non-hydrogen) atoms. The van der Waals surface area contributed by atoms with Crippen LogP contribution in [-0.4, -0.2) is 42.1 Å². The summed E-state index contributed by atoms with van der Waals surface area (Å²) in [6.07, 6.45) is 3.63. The molecule has 2 bridgehead atoms. The number of amides is 1. The van der Waals surface area contributed by atoms with Crippen LogP contribution in [0.15, 0.2) is 18.2 Å². The lowest BCUT2D eigenvalue weighted by atomic mass is 9.98. The van der Waals surface area contributed by atoms with E-state index in [0.29, 0.717) is 23.1 Å². The van der Waals surface area contributed by atoms with E-state index in [-0.39, 0.29) is 11.5 Å². The molecule has 5 nitrogen and oxygen atoms in total. The van der Waals surface area contributed by atoms with E-state index in [2.05, 4.69) is 0 Å². The molecule has 1 heterocycles. The second-order valence-corrected chi connectivity index (χ2v) is 6.01. The minimum atomic E-state index is -1.05. The number of ether oxygens (including phenoxy) is 1. The normalized spacial score (nSPS) is 24.0. The van der Waals surface area contributed by atoms with Crippen molar-refractivity contribution in [3.05, 3.63) is 29.3 Å². The molecule has 2 fully saturated rings. The number of fused-ring (bicyclic) bond motifs is 2. The topological polar surface area (TPSA) is 66.8 Å². The molecule has 1 saturated carbocycles. The van der Waals surface area contributed by atoms with Gasteiger partial charge in [0.1, 0.15) is 5.75 Å². The standard InChI is InChI=1S/C16H19NO4/c1-21-14-6-12(5-13(7-14)16(19)20)15(18)17-8-10-2-3-11(4-10)9-17/h5-7,10-11H,2-4,8-9H2,1H3,(H,19,20)/t10-,11+. The van der Waals surface area contributed by atoms with E-state index in [9.17, 15) is 9.59 Å². The van der Waals surface area contributed by atoms with Gasteiger partial charge in [-0.15, -0.1) is 0 Å². The number of carbonyl (C=O) groups is 2. The molecular formula is C16H19NO4. The maximum absolute atomic E-state index is 12.6. The Morgan fingerprint density at radius 1 is 1.14 bits per heavy atom. The van der Waals surface area contributed by atoms with Crippen LogP contribution in [0, 0.1) is 11.8 Å². The number of carboxylic acids is 1. The molecular weight excluding hydrogens is 270 g/mol. The Kier molecular flexibility index (Phi) is 3.57. The lowest BCUT2D eigenvalue weighted by Gasteiger charge is -2.32. The van der Waals surface area contributed by atoms with Gasteiger partial charge in [-0.25, -0.2) is 4.79 Å². The van der Waals surface area contributed by atoms with Crippen LogP contribution in [-0.2, 0) is 0 Å². The Morgan fingerprint density at radius 2 is 1.76 bits per heavy atom. The zero-order valence-electron chi connectivity index (χ0n) is 12.0. The van der Waals surface area contributed by atoms with Gasteiger partial charge in [0.25, 0.3) is 5.91 Å². The quantitative estimate of drug-likeness (QED) is 0.927. The van der Waals surface area contributed by atoms with E-state index >= 15 is 0 Å². The first kappa shape index (κ1) is 13.9. The molecule has 0 radical (unpaired) electrons. The predicted octanol–water partition coefficient (Wildman–Crippen LogP) is 2.27. The lowest BCUT2D eigenvalue weighted by molar-refractivity contribution is 0.0661. The fraction of sp³-hybridized carbons (Fsp3) is 0.500. The largest absolute Gasteiger partial charge is 0.497 e. The predicted molar refractivity (Wildman–Crippen MR) is 76.7 cm³/mol. The van der Waals surface area contributed by atoms with Crippen LogP contribution in [0.2, 0.25) is 0 Å². The first-order chi connectivity index (χ1) is 10.1. The zero-order chi connectivity index (χ0) is 15.0. The van der Waals surface area contributed by atoms with Gasteiger partial charge in [-0.1, -0.05) is 0 Å². The monoisotopic (exact) mass is 289 g/mol. The number of benzene rings is 1. The fourth-order valence-corrected chi connectivity index (χ4v) is 3.52. The maximum Gasteiger partial charge on any atom is 0.335 e. The molecule has 1 aliphatic carbocycles. The molecule has 1 saturated heterocycles. The third kappa shape index (κ3) is 2.73. The van der Waals surface area contributed by atoms with Crippen molar-refractivity contribution in [1.29, 1.82) is 0 Å². The highest BCUT2D eigenvalue weighted by Gasteiger charge is 2.35. The minimum Gasteiger partial charge on any atom is -0.497 e. The number of hydrogen-bond acceptors (Lipinski definition) is 3. The number of piperidine rings is 1. The van der Waals surface area contributed by atoms with E-state index in [1.54, 1.807) is 6.07 Å². The average molecular weight is 289 g/mol. The van der Waals surface area contributed by atoms with Gasteiger partial charge in [-0.3, -0.25) is 4.79 Å². The van der Waals surface area contributed by atoms with Crippen molar-refractivity contribution in [2.24, 2.45) is 11.8 Å². The van der Waals surface area contributed by atoms with Crippen molar-refractivity contribution < 1.29 is 19.4 Å². The minimum absolute atomic E-state index is 0.0812. The summed E-state index contributed by atoms with van der Waals surface area (Å²) < 4.78 is 5.10. The van der Waals surface area contributed by atoms with Crippen LogP contribution < -0.4 is 4.74 Å². The number of nitrogens with zero attached hydrogens (tertiary/aromatic N) is 1. The van der Waals surface area contributed by atoms with Crippen LogP contribution in [0.25, 0.3) is 0 Å². The summed E-state index contributed by atoms with van der Waals surface area (Å²) in [6, 6.07) is 4.48. The second kappa shape index (κ2) is 5.39. The number of carboxylic acid groups (broad SMARTS) is 1. The van der Waals surface area contributed by atoms with Gasteiger partial charge in [-0.05, 0) is 49.3 Å². The molecule has 1 N–H and O–H groups in total. The molecule has 5 heteroatoms. The highest BCUT2D eigenvalue weighted by molar-refractivity contribution is 5.98. The van der Waals surface area contributed by atoms with Gasteiger partial charge < -0.3 is 14.7 Å².